The molecule has 0 aromatic heterocycles. The predicted molar refractivity (Wildman–Crippen MR) is 63.2 cm³/mol. The number of ketones is 1. The molecule has 0 spiro atoms. The van der Waals surface area contributed by atoms with E-state index < -0.39 is 5.79 Å². The summed E-state index contributed by atoms with van der Waals surface area (Å²) in [4.78, 5) is 11.6. The third-order valence-corrected chi connectivity index (χ3v) is 2.52. The average molecular weight is 226 g/mol. The first kappa shape index (κ1) is 13.4. The molecule has 16 heavy (non-hydrogen) atoms. The molecular formula is C13H22O3. The molecule has 0 saturated carbocycles. The van der Waals surface area contributed by atoms with Gasteiger partial charge in [-0.3, -0.25) is 4.79 Å². The van der Waals surface area contributed by atoms with Gasteiger partial charge in [0.25, 0.3) is 0 Å². The largest absolute Gasteiger partial charge is 0.348 e. The van der Waals surface area contributed by atoms with Gasteiger partial charge in [-0.25, -0.2) is 0 Å². The molecule has 0 unspecified atom stereocenters. The number of hydrogen-bond acceptors (Lipinski definition) is 3. The summed E-state index contributed by atoms with van der Waals surface area (Å²) in [7, 11) is 0. The Hall–Kier alpha value is -0.670. The number of carbonyl (C=O) groups excluding carboxylic acids is 1. The SMILES string of the molecule is CCCC/C=C/C(=O)C[C@H]1COC(C)(C)O1. The fraction of sp³-hybridized carbons (Fsp3) is 0.769. The van der Waals surface area contributed by atoms with E-state index in [0.717, 1.165) is 19.3 Å². The summed E-state index contributed by atoms with van der Waals surface area (Å²) in [6, 6.07) is 0. The molecule has 3 heteroatoms. The van der Waals surface area contributed by atoms with Crippen LogP contribution in [0.25, 0.3) is 0 Å². The molecule has 1 aliphatic heterocycles. The molecule has 92 valence electrons. The number of ether oxygens (including phenoxy) is 2. The lowest BCUT2D eigenvalue weighted by Gasteiger charge is -2.16. The molecule has 0 radical (unpaired) electrons. The zero-order chi connectivity index (χ0) is 12.0. The van der Waals surface area contributed by atoms with Gasteiger partial charge in [-0.05, 0) is 26.3 Å². The van der Waals surface area contributed by atoms with Crippen molar-refractivity contribution >= 4 is 5.78 Å². The highest BCUT2D eigenvalue weighted by atomic mass is 16.7. The first-order valence-corrected chi connectivity index (χ1v) is 6.04. The van der Waals surface area contributed by atoms with Crippen molar-refractivity contribution in [1.29, 1.82) is 0 Å². The second kappa shape index (κ2) is 6.16. The van der Waals surface area contributed by atoms with Crippen LogP contribution in [-0.4, -0.2) is 24.3 Å². The number of rotatable bonds is 6. The Morgan fingerprint density at radius 2 is 2.25 bits per heavy atom. The molecule has 0 bridgehead atoms. The second-order valence-electron chi connectivity index (χ2n) is 4.67. The van der Waals surface area contributed by atoms with Crippen LogP contribution in [0, 0.1) is 0 Å². The van der Waals surface area contributed by atoms with Crippen molar-refractivity contribution in [1.82, 2.24) is 0 Å². The molecule has 0 aromatic rings. The maximum Gasteiger partial charge on any atom is 0.163 e. The van der Waals surface area contributed by atoms with Gasteiger partial charge in [0.05, 0.1) is 12.7 Å². The summed E-state index contributed by atoms with van der Waals surface area (Å²) < 4.78 is 11.0. The van der Waals surface area contributed by atoms with E-state index >= 15 is 0 Å². The van der Waals surface area contributed by atoms with E-state index in [9.17, 15) is 4.79 Å². The zero-order valence-corrected chi connectivity index (χ0v) is 10.5. The van der Waals surface area contributed by atoms with Crippen molar-refractivity contribution in [3.63, 3.8) is 0 Å². The third-order valence-electron chi connectivity index (χ3n) is 2.52. The van der Waals surface area contributed by atoms with Gasteiger partial charge < -0.3 is 9.47 Å². The van der Waals surface area contributed by atoms with Gasteiger partial charge in [0.1, 0.15) is 0 Å². The first-order valence-electron chi connectivity index (χ1n) is 6.04. The lowest BCUT2D eigenvalue weighted by molar-refractivity contribution is -0.141. The monoisotopic (exact) mass is 226 g/mol. The van der Waals surface area contributed by atoms with Crippen LogP contribution in [-0.2, 0) is 14.3 Å². The maximum atomic E-state index is 11.6. The van der Waals surface area contributed by atoms with Gasteiger partial charge in [-0.2, -0.15) is 0 Å². The van der Waals surface area contributed by atoms with Crippen LogP contribution >= 0.6 is 0 Å². The zero-order valence-electron chi connectivity index (χ0n) is 10.5. The number of hydrogen-bond donors (Lipinski definition) is 0. The van der Waals surface area contributed by atoms with Crippen molar-refractivity contribution in [3.05, 3.63) is 12.2 Å². The highest BCUT2D eigenvalue weighted by Crippen LogP contribution is 2.24. The van der Waals surface area contributed by atoms with Crippen molar-refractivity contribution in [2.75, 3.05) is 6.61 Å². The Bertz CT molecular complexity index is 256. The molecule has 0 amide bonds. The van der Waals surface area contributed by atoms with E-state index in [1.54, 1.807) is 6.08 Å². The average Bonchev–Trinajstić information content (AvgIpc) is 2.53. The summed E-state index contributed by atoms with van der Waals surface area (Å²) in [5.74, 6) is -0.404. The van der Waals surface area contributed by atoms with Crippen molar-refractivity contribution in [2.45, 2.75) is 58.3 Å². The quantitative estimate of drug-likeness (QED) is 0.516. The molecule has 1 atom stereocenters. The Morgan fingerprint density at radius 3 is 2.81 bits per heavy atom. The molecule has 0 N–H and O–H groups in total. The van der Waals surface area contributed by atoms with Crippen LogP contribution in [0.5, 0.6) is 0 Å². The summed E-state index contributed by atoms with van der Waals surface area (Å²) in [5.41, 5.74) is 0. The molecule has 3 nitrogen and oxygen atoms in total. The lowest BCUT2D eigenvalue weighted by Crippen LogP contribution is -2.22. The highest BCUT2D eigenvalue weighted by Gasteiger charge is 2.33. The van der Waals surface area contributed by atoms with Crippen LogP contribution in [0.2, 0.25) is 0 Å². The maximum absolute atomic E-state index is 11.6. The van der Waals surface area contributed by atoms with Crippen LogP contribution in [0.15, 0.2) is 12.2 Å². The summed E-state index contributed by atoms with van der Waals surface area (Å²) in [6.07, 6.45) is 7.24. The Kier molecular flexibility index (Phi) is 5.16. The van der Waals surface area contributed by atoms with Crippen molar-refractivity contribution in [3.8, 4) is 0 Å². The summed E-state index contributed by atoms with van der Waals surface area (Å²) >= 11 is 0. The van der Waals surface area contributed by atoms with E-state index in [1.165, 1.54) is 0 Å². The van der Waals surface area contributed by atoms with Crippen LogP contribution in [0.3, 0.4) is 0 Å². The van der Waals surface area contributed by atoms with Gasteiger partial charge in [-0.15, -0.1) is 0 Å². The smallest absolute Gasteiger partial charge is 0.163 e. The second-order valence-corrected chi connectivity index (χ2v) is 4.67. The third kappa shape index (κ3) is 4.90. The van der Waals surface area contributed by atoms with E-state index in [4.69, 9.17) is 9.47 Å². The van der Waals surface area contributed by atoms with E-state index in [0.29, 0.717) is 13.0 Å². The molecule has 1 heterocycles. The fourth-order valence-corrected chi connectivity index (χ4v) is 1.69. The standard InChI is InChI=1S/C13H22O3/c1-4-5-6-7-8-11(14)9-12-10-15-13(2,3)16-12/h7-8,12H,4-6,9-10H2,1-3H3/b8-7+/t12-/m0/s1. The predicted octanol–water partition coefficient (Wildman–Crippen LogP) is 2.84. The molecular weight excluding hydrogens is 204 g/mol. The number of unbranched alkanes of at least 4 members (excludes halogenated alkanes) is 2. The van der Waals surface area contributed by atoms with Crippen molar-refractivity contribution < 1.29 is 14.3 Å². The summed E-state index contributed by atoms with van der Waals surface area (Å²) in [6.45, 7) is 6.39. The van der Waals surface area contributed by atoms with Gasteiger partial charge in [0.15, 0.2) is 11.6 Å². The van der Waals surface area contributed by atoms with E-state index in [-0.39, 0.29) is 11.9 Å². The Labute approximate surface area is 97.8 Å². The Morgan fingerprint density at radius 1 is 1.50 bits per heavy atom. The minimum atomic E-state index is -0.531. The van der Waals surface area contributed by atoms with E-state index in [2.05, 4.69) is 6.92 Å². The van der Waals surface area contributed by atoms with Crippen LogP contribution in [0.1, 0.15) is 46.5 Å². The van der Waals surface area contributed by atoms with Gasteiger partial charge in [0.2, 0.25) is 0 Å². The Balaban J connectivity index is 2.22. The minimum absolute atomic E-state index is 0.0849. The molecule has 0 aliphatic carbocycles. The molecule has 1 saturated heterocycles. The van der Waals surface area contributed by atoms with E-state index in [1.807, 2.05) is 19.9 Å². The van der Waals surface area contributed by atoms with Gasteiger partial charge in [-0.1, -0.05) is 25.8 Å². The molecule has 0 aromatic carbocycles. The fourth-order valence-electron chi connectivity index (χ4n) is 1.69. The number of allylic oxidation sites excluding steroid dienone is 2. The molecule has 1 fully saturated rings. The van der Waals surface area contributed by atoms with Crippen LogP contribution < -0.4 is 0 Å². The normalized spacial score (nSPS) is 24.1. The molecule has 1 aliphatic rings. The van der Waals surface area contributed by atoms with Crippen molar-refractivity contribution in [2.24, 2.45) is 0 Å². The summed E-state index contributed by atoms with van der Waals surface area (Å²) in [5, 5.41) is 0. The lowest BCUT2D eigenvalue weighted by atomic mass is 10.1. The number of carbonyl (C=O) groups is 1. The van der Waals surface area contributed by atoms with Crippen LogP contribution in [0.4, 0.5) is 0 Å². The topological polar surface area (TPSA) is 35.5 Å². The van der Waals surface area contributed by atoms with Gasteiger partial charge in [0, 0.05) is 6.42 Å². The minimum Gasteiger partial charge on any atom is -0.348 e. The van der Waals surface area contributed by atoms with Gasteiger partial charge >= 0.3 is 0 Å². The molecule has 1 rings (SSSR count). The first-order chi connectivity index (χ1) is 7.53. The highest BCUT2D eigenvalue weighted by molar-refractivity contribution is 5.89.